The molecule has 1 aliphatic carbocycles. The smallest absolute Gasteiger partial charge is 0.329 e. The minimum atomic E-state index is -1.25. The van der Waals surface area contributed by atoms with E-state index in [2.05, 4.69) is 20.8 Å². The van der Waals surface area contributed by atoms with Gasteiger partial charge in [-0.1, -0.05) is 40.0 Å². The first-order valence-corrected chi connectivity index (χ1v) is 8.22. The maximum atomic E-state index is 12.4. The summed E-state index contributed by atoms with van der Waals surface area (Å²) in [5, 5.41) is 0. The average molecular weight is 306 g/mol. The highest BCUT2D eigenvalue weighted by Gasteiger charge is 2.42. The number of rotatable bonds is 4. The SMILES string of the molecule is CC1=CC(=O)C(C(=O)CCC2(C)C(C)CCCC2C)C(=O)O1. The van der Waals surface area contributed by atoms with Crippen molar-refractivity contribution in [1.82, 2.24) is 0 Å². The molecule has 0 amide bonds. The van der Waals surface area contributed by atoms with E-state index < -0.39 is 17.7 Å². The minimum Gasteiger partial charge on any atom is -0.430 e. The number of allylic oxidation sites excluding steroid dienone is 2. The fraction of sp³-hybridized carbons (Fsp3) is 0.722. The van der Waals surface area contributed by atoms with Crippen LogP contribution in [-0.2, 0) is 19.1 Å². The molecule has 4 nitrogen and oxygen atoms in total. The Morgan fingerprint density at radius 3 is 2.41 bits per heavy atom. The molecule has 3 atom stereocenters. The van der Waals surface area contributed by atoms with Crippen molar-refractivity contribution in [1.29, 1.82) is 0 Å². The normalized spacial score (nSPS) is 35.8. The van der Waals surface area contributed by atoms with Gasteiger partial charge in [-0.3, -0.25) is 14.4 Å². The van der Waals surface area contributed by atoms with E-state index in [1.54, 1.807) is 6.92 Å². The third kappa shape index (κ3) is 3.16. The number of esters is 1. The number of Topliss-reactive ketones (excluding diaryl/α,β-unsaturated/α-hetero) is 1. The van der Waals surface area contributed by atoms with Crippen molar-refractivity contribution in [3.8, 4) is 0 Å². The first-order chi connectivity index (χ1) is 10.3. The largest absolute Gasteiger partial charge is 0.430 e. The average Bonchev–Trinajstić information content (AvgIpc) is 2.41. The molecule has 0 aromatic carbocycles. The summed E-state index contributed by atoms with van der Waals surface area (Å²) < 4.78 is 4.93. The summed E-state index contributed by atoms with van der Waals surface area (Å²) in [6.07, 6.45) is 5.85. The molecule has 1 heterocycles. The van der Waals surface area contributed by atoms with Gasteiger partial charge >= 0.3 is 5.97 Å². The maximum absolute atomic E-state index is 12.4. The molecule has 0 aromatic heterocycles. The Labute approximate surface area is 132 Å². The molecule has 1 aliphatic heterocycles. The lowest BCUT2D eigenvalue weighted by Gasteiger charge is -2.45. The van der Waals surface area contributed by atoms with Crippen LogP contribution in [0.3, 0.4) is 0 Å². The molecule has 0 N–H and O–H groups in total. The van der Waals surface area contributed by atoms with Gasteiger partial charge in [0.1, 0.15) is 5.76 Å². The molecule has 0 spiro atoms. The van der Waals surface area contributed by atoms with Gasteiger partial charge in [-0.05, 0) is 30.6 Å². The van der Waals surface area contributed by atoms with Crippen LogP contribution >= 0.6 is 0 Å². The van der Waals surface area contributed by atoms with Crippen molar-refractivity contribution >= 4 is 17.5 Å². The van der Waals surface area contributed by atoms with Gasteiger partial charge in [0.15, 0.2) is 17.5 Å². The van der Waals surface area contributed by atoms with Crippen LogP contribution in [0.1, 0.15) is 59.8 Å². The van der Waals surface area contributed by atoms with Gasteiger partial charge in [0.25, 0.3) is 0 Å². The molecule has 122 valence electrons. The van der Waals surface area contributed by atoms with Gasteiger partial charge in [-0.2, -0.15) is 0 Å². The fourth-order valence-corrected chi connectivity index (χ4v) is 3.84. The fourth-order valence-electron chi connectivity index (χ4n) is 3.84. The summed E-state index contributed by atoms with van der Waals surface area (Å²) in [6.45, 7) is 8.27. The summed E-state index contributed by atoms with van der Waals surface area (Å²) >= 11 is 0. The van der Waals surface area contributed by atoms with Crippen LogP contribution in [0.2, 0.25) is 0 Å². The third-order valence-electron chi connectivity index (χ3n) is 5.89. The second-order valence-electron chi connectivity index (χ2n) is 7.22. The molecule has 2 aliphatic rings. The van der Waals surface area contributed by atoms with E-state index >= 15 is 0 Å². The number of carbonyl (C=O) groups is 3. The van der Waals surface area contributed by atoms with E-state index in [0.717, 1.165) is 6.42 Å². The molecule has 4 heteroatoms. The number of hydrogen-bond donors (Lipinski definition) is 0. The molecule has 2 rings (SSSR count). The Morgan fingerprint density at radius 2 is 1.86 bits per heavy atom. The predicted molar refractivity (Wildman–Crippen MR) is 82.9 cm³/mol. The lowest BCUT2D eigenvalue weighted by Crippen LogP contribution is -2.39. The summed E-state index contributed by atoms with van der Waals surface area (Å²) in [5.74, 6) is -1.33. The summed E-state index contributed by atoms with van der Waals surface area (Å²) in [5.41, 5.74) is 0.0985. The predicted octanol–water partition coefficient (Wildman–Crippen LogP) is 3.44. The van der Waals surface area contributed by atoms with Gasteiger partial charge in [0, 0.05) is 12.5 Å². The molecular weight excluding hydrogens is 280 g/mol. The highest BCUT2D eigenvalue weighted by molar-refractivity contribution is 6.21. The Kier molecular flexibility index (Phi) is 4.88. The van der Waals surface area contributed by atoms with Crippen LogP contribution in [0.4, 0.5) is 0 Å². The molecule has 0 aromatic rings. The molecular formula is C18H26O4. The Balaban J connectivity index is 2.03. The van der Waals surface area contributed by atoms with E-state index in [4.69, 9.17) is 4.74 Å². The van der Waals surface area contributed by atoms with E-state index in [-0.39, 0.29) is 23.4 Å². The van der Waals surface area contributed by atoms with Crippen LogP contribution in [0.5, 0.6) is 0 Å². The van der Waals surface area contributed by atoms with Crippen molar-refractivity contribution in [2.24, 2.45) is 23.2 Å². The summed E-state index contributed by atoms with van der Waals surface area (Å²) in [6, 6.07) is 0. The van der Waals surface area contributed by atoms with Gasteiger partial charge in [0.05, 0.1) is 0 Å². The zero-order chi connectivity index (χ0) is 16.5. The number of hydrogen-bond acceptors (Lipinski definition) is 4. The monoisotopic (exact) mass is 306 g/mol. The first-order valence-electron chi connectivity index (χ1n) is 8.22. The Hall–Kier alpha value is -1.45. The molecule has 1 saturated carbocycles. The maximum Gasteiger partial charge on any atom is 0.329 e. The number of cyclic esters (lactones) is 1. The van der Waals surface area contributed by atoms with E-state index in [0.29, 0.717) is 11.8 Å². The molecule has 0 radical (unpaired) electrons. The van der Waals surface area contributed by atoms with Crippen LogP contribution in [0.15, 0.2) is 11.8 Å². The molecule has 0 saturated heterocycles. The zero-order valence-corrected chi connectivity index (χ0v) is 14.0. The van der Waals surface area contributed by atoms with Gasteiger partial charge in [-0.15, -0.1) is 0 Å². The van der Waals surface area contributed by atoms with Crippen LogP contribution in [0.25, 0.3) is 0 Å². The lowest BCUT2D eigenvalue weighted by molar-refractivity contribution is -0.153. The minimum absolute atomic E-state index is 0.0985. The zero-order valence-electron chi connectivity index (χ0n) is 14.0. The van der Waals surface area contributed by atoms with Crippen molar-refractivity contribution in [3.63, 3.8) is 0 Å². The summed E-state index contributed by atoms with van der Waals surface area (Å²) in [7, 11) is 0. The van der Waals surface area contributed by atoms with E-state index in [1.807, 2.05) is 0 Å². The van der Waals surface area contributed by atoms with Crippen molar-refractivity contribution < 1.29 is 19.1 Å². The topological polar surface area (TPSA) is 60.4 Å². The first kappa shape index (κ1) is 16.9. The number of ether oxygens (including phenoxy) is 1. The van der Waals surface area contributed by atoms with Crippen LogP contribution < -0.4 is 0 Å². The van der Waals surface area contributed by atoms with Gasteiger partial charge < -0.3 is 4.74 Å². The third-order valence-corrected chi connectivity index (χ3v) is 5.89. The number of ketones is 2. The highest BCUT2D eigenvalue weighted by Crippen LogP contribution is 2.48. The van der Waals surface area contributed by atoms with Crippen LogP contribution in [-0.4, -0.2) is 17.5 Å². The second kappa shape index (κ2) is 6.35. The molecule has 0 bridgehead atoms. The lowest BCUT2D eigenvalue weighted by atomic mass is 9.60. The standard InChI is InChI=1S/C18H26O4/c1-11-6-5-7-12(2)18(11,4)9-8-14(19)16-15(20)10-13(3)22-17(16)21/h10-12,16H,5-9H2,1-4H3. The van der Waals surface area contributed by atoms with E-state index in [1.165, 1.54) is 25.3 Å². The highest BCUT2D eigenvalue weighted by atomic mass is 16.5. The van der Waals surface area contributed by atoms with Gasteiger partial charge in [-0.25, -0.2) is 0 Å². The van der Waals surface area contributed by atoms with E-state index in [9.17, 15) is 14.4 Å². The quantitative estimate of drug-likeness (QED) is 0.589. The Morgan fingerprint density at radius 1 is 1.27 bits per heavy atom. The summed E-state index contributed by atoms with van der Waals surface area (Å²) in [4.78, 5) is 36.1. The van der Waals surface area contributed by atoms with Gasteiger partial charge in [0.2, 0.25) is 0 Å². The second-order valence-corrected chi connectivity index (χ2v) is 7.22. The van der Waals surface area contributed by atoms with Crippen LogP contribution in [0, 0.1) is 23.2 Å². The number of carbonyl (C=O) groups excluding carboxylic acids is 3. The van der Waals surface area contributed by atoms with Crippen molar-refractivity contribution in [2.75, 3.05) is 0 Å². The molecule has 3 unspecified atom stereocenters. The van der Waals surface area contributed by atoms with Crippen molar-refractivity contribution in [3.05, 3.63) is 11.8 Å². The Bertz CT molecular complexity index is 507. The molecule has 1 fully saturated rings. The molecule has 22 heavy (non-hydrogen) atoms. The van der Waals surface area contributed by atoms with Crippen molar-refractivity contribution in [2.45, 2.75) is 59.8 Å².